The molecule has 28 heavy (non-hydrogen) atoms. The van der Waals surface area contributed by atoms with Crippen LogP contribution in [0.25, 0.3) is 0 Å². The van der Waals surface area contributed by atoms with Crippen LogP contribution in [0.5, 0.6) is 0 Å². The largest absolute Gasteiger partial charge is 0.369 e. The fraction of sp³-hybridized carbons (Fsp3) is 0.429. The lowest BCUT2D eigenvalue weighted by molar-refractivity contribution is 0.255. The van der Waals surface area contributed by atoms with Crippen molar-refractivity contribution in [2.24, 2.45) is 0 Å². The van der Waals surface area contributed by atoms with E-state index in [0.717, 1.165) is 56.0 Å². The maximum absolute atomic E-state index is 13.0. The average molecular weight is 406 g/mol. The molecule has 1 heterocycles. The molecule has 1 fully saturated rings. The first-order valence-corrected chi connectivity index (χ1v) is 11.3. The summed E-state index contributed by atoms with van der Waals surface area (Å²) in [6, 6.07) is 14.2. The third-order valence-electron chi connectivity index (χ3n) is 5.01. The van der Waals surface area contributed by atoms with Crippen molar-refractivity contribution in [1.82, 2.24) is 9.62 Å². The van der Waals surface area contributed by atoms with Gasteiger partial charge in [0.1, 0.15) is 5.82 Å². The van der Waals surface area contributed by atoms with Gasteiger partial charge in [0, 0.05) is 38.4 Å². The molecule has 0 saturated carbocycles. The smallest absolute Gasteiger partial charge is 0.215 e. The molecule has 1 aliphatic rings. The predicted molar refractivity (Wildman–Crippen MR) is 111 cm³/mol. The number of halogens is 1. The SMILES string of the molecule is Cc1ccc(CS(=O)(=O)NCCCN2CCN(c3ccc(F)cc3)CC2)cc1. The van der Waals surface area contributed by atoms with Crippen LogP contribution in [-0.2, 0) is 15.8 Å². The molecule has 1 N–H and O–H groups in total. The van der Waals surface area contributed by atoms with Crippen LogP contribution in [0.15, 0.2) is 48.5 Å². The first kappa shape index (κ1) is 20.8. The number of anilines is 1. The van der Waals surface area contributed by atoms with E-state index in [9.17, 15) is 12.8 Å². The van der Waals surface area contributed by atoms with Crippen LogP contribution in [0.3, 0.4) is 0 Å². The third kappa shape index (κ3) is 6.29. The number of hydrogen-bond donors (Lipinski definition) is 1. The van der Waals surface area contributed by atoms with E-state index in [0.29, 0.717) is 6.54 Å². The zero-order valence-electron chi connectivity index (χ0n) is 16.3. The number of sulfonamides is 1. The van der Waals surface area contributed by atoms with Crippen LogP contribution >= 0.6 is 0 Å². The maximum Gasteiger partial charge on any atom is 0.215 e. The molecule has 1 saturated heterocycles. The molecular formula is C21H28FN3O2S. The lowest BCUT2D eigenvalue weighted by Gasteiger charge is -2.36. The number of benzene rings is 2. The quantitative estimate of drug-likeness (QED) is 0.686. The van der Waals surface area contributed by atoms with Gasteiger partial charge in [0.2, 0.25) is 10.0 Å². The minimum Gasteiger partial charge on any atom is -0.369 e. The summed E-state index contributed by atoms with van der Waals surface area (Å²) in [5, 5.41) is 0. The molecule has 0 aromatic heterocycles. The van der Waals surface area contributed by atoms with Gasteiger partial charge in [-0.1, -0.05) is 29.8 Å². The molecule has 0 spiro atoms. The first-order chi connectivity index (χ1) is 13.4. The summed E-state index contributed by atoms with van der Waals surface area (Å²) in [6.45, 7) is 6.93. The Morgan fingerprint density at radius 2 is 1.61 bits per heavy atom. The second-order valence-corrected chi connectivity index (χ2v) is 9.10. The Kier molecular flexibility index (Phi) is 7.04. The Morgan fingerprint density at radius 3 is 2.25 bits per heavy atom. The molecule has 0 unspecified atom stereocenters. The van der Waals surface area contributed by atoms with E-state index >= 15 is 0 Å². The van der Waals surface area contributed by atoms with E-state index in [1.165, 1.54) is 12.1 Å². The Labute approximate surface area is 167 Å². The zero-order chi connectivity index (χ0) is 20.0. The standard InChI is InChI=1S/C21H28FN3O2S/c1-18-3-5-19(6-4-18)17-28(26,27)23-11-2-12-24-13-15-25(16-14-24)21-9-7-20(22)8-10-21/h3-10,23H,2,11-17H2,1H3. The Morgan fingerprint density at radius 1 is 0.964 bits per heavy atom. The molecule has 0 atom stereocenters. The normalized spacial score (nSPS) is 15.7. The van der Waals surface area contributed by atoms with Crippen molar-refractivity contribution >= 4 is 15.7 Å². The molecule has 2 aromatic carbocycles. The summed E-state index contributed by atoms with van der Waals surface area (Å²) in [6.07, 6.45) is 0.781. The third-order valence-corrected chi connectivity index (χ3v) is 6.37. The van der Waals surface area contributed by atoms with E-state index in [-0.39, 0.29) is 11.6 Å². The molecule has 0 amide bonds. The molecule has 5 nitrogen and oxygen atoms in total. The lowest BCUT2D eigenvalue weighted by Crippen LogP contribution is -2.47. The number of hydrogen-bond acceptors (Lipinski definition) is 4. The number of rotatable bonds is 8. The van der Waals surface area contributed by atoms with Crippen molar-refractivity contribution in [2.75, 3.05) is 44.2 Å². The van der Waals surface area contributed by atoms with Crippen LogP contribution in [0.4, 0.5) is 10.1 Å². The van der Waals surface area contributed by atoms with Gasteiger partial charge in [-0.25, -0.2) is 17.5 Å². The number of aryl methyl sites for hydroxylation is 1. The minimum atomic E-state index is -3.31. The van der Waals surface area contributed by atoms with Crippen LogP contribution in [-0.4, -0.2) is 52.6 Å². The number of piperazine rings is 1. The molecule has 1 aliphatic heterocycles. The summed E-state index contributed by atoms with van der Waals surface area (Å²) >= 11 is 0. The van der Waals surface area contributed by atoms with Crippen LogP contribution in [0.2, 0.25) is 0 Å². The highest BCUT2D eigenvalue weighted by atomic mass is 32.2. The predicted octanol–water partition coefficient (Wildman–Crippen LogP) is 2.77. The van der Waals surface area contributed by atoms with Crippen molar-refractivity contribution in [1.29, 1.82) is 0 Å². The highest BCUT2D eigenvalue weighted by Crippen LogP contribution is 2.17. The summed E-state index contributed by atoms with van der Waals surface area (Å²) in [5.41, 5.74) is 2.97. The van der Waals surface area contributed by atoms with Crippen molar-refractivity contribution in [3.05, 3.63) is 65.5 Å². The van der Waals surface area contributed by atoms with E-state index < -0.39 is 10.0 Å². The van der Waals surface area contributed by atoms with Gasteiger partial charge < -0.3 is 4.90 Å². The van der Waals surface area contributed by atoms with E-state index in [1.807, 2.05) is 43.3 Å². The number of nitrogens with one attached hydrogen (secondary N) is 1. The zero-order valence-corrected chi connectivity index (χ0v) is 17.1. The molecule has 0 radical (unpaired) electrons. The summed E-state index contributed by atoms with van der Waals surface area (Å²) < 4.78 is 40.1. The Hall–Kier alpha value is -1.96. The van der Waals surface area contributed by atoms with E-state index in [2.05, 4.69) is 14.5 Å². The van der Waals surface area contributed by atoms with Crippen molar-refractivity contribution in [3.63, 3.8) is 0 Å². The van der Waals surface area contributed by atoms with E-state index in [1.54, 1.807) is 0 Å². The topological polar surface area (TPSA) is 52.7 Å². The molecule has 3 rings (SSSR count). The van der Waals surface area contributed by atoms with E-state index in [4.69, 9.17) is 0 Å². The monoisotopic (exact) mass is 405 g/mol. The highest BCUT2D eigenvalue weighted by Gasteiger charge is 2.17. The molecule has 2 aromatic rings. The average Bonchev–Trinajstić information content (AvgIpc) is 2.68. The van der Waals surface area contributed by atoms with Gasteiger partial charge in [0.05, 0.1) is 5.75 Å². The summed E-state index contributed by atoms with van der Waals surface area (Å²) in [5.74, 6) is -0.198. The van der Waals surface area contributed by atoms with Gasteiger partial charge in [-0.2, -0.15) is 0 Å². The van der Waals surface area contributed by atoms with Crippen LogP contribution in [0.1, 0.15) is 17.5 Å². The van der Waals surface area contributed by atoms with Crippen molar-refractivity contribution in [2.45, 2.75) is 19.1 Å². The van der Waals surface area contributed by atoms with Gasteiger partial charge in [0.25, 0.3) is 0 Å². The Bertz CT molecular complexity index is 846. The molecule has 0 aliphatic carbocycles. The first-order valence-electron chi connectivity index (χ1n) is 9.67. The molecular weight excluding hydrogens is 377 g/mol. The van der Waals surface area contributed by atoms with Gasteiger partial charge in [-0.15, -0.1) is 0 Å². The van der Waals surface area contributed by atoms with Gasteiger partial charge in [-0.05, 0) is 49.7 Å². The Balaban J connectivity index is 1.35. The lowest BCUT2D eigenvalue weighted by atomic mass is 10.2. The van der Waals surface area contributed by atoms with Crippen molar-refractivity contribution < 1.29 is 12.8 Å². The molecule has 0 bridgehead atoms. The highest BCUT2D eigenvalue weighted by molar-refractivity contribution is 7.88. The summed E-state index contributed by atoms with van der Waals surface area (Å²) in [4.78, 5) is 4.59. The molecule has 7 heteroatoms. The second-order valence-electron chi connectivity index (χ2n) is 7.30. The number of nitrogens with zero attached hydrogens (tertiary/aromatic N) is 2. The second kappa shape index (κ2) is 9.49. The fourth-order valence-electron chi connectivity index (χ4n) is 3.37. The van der Waals surface area contributed by atoms with Crippen LogP contribution in [0, 0.1) is 12.7 Å². The van der Waals surface area contributed by atoms with Gasteiger partial charge in [0.15, 0.2) is 0 Å². The maximum atomic E-state index is 13.0. The van der Waals surface area contributed by atoms with Crippen molar-refractivity contribution in [3.8, 4) is 0 Å². The minimum absolute atomic E-state index is 0.0175. The van der Waals surface area contributed by atoms with Gasteiger partial charge >= 0.3 is 0 Å². The fourth-order valence-corrected chi connectivity index (χ4v) is 4.56. The summed E-state index contributed by atoms with van der Waals surface area (Å²) in [7, 11) is -3.31. The van der Waals surface area contributed by atoms with Crippen LogP contribution < -0.4 is 9.62 Å². The van der Waals surface area contributed by atoms with Gasteiger partial charge in [-0.3, -0.25) is 4.90 Å². The molecule has 152 valence electrons.